The lowest BCUT2D eigenvalue weighted by Crippen LogP contribution is -2.52. The second kappa shape index (κ2) is 17.9. The molecule has 0 spiro atoms. The van der Waals surface area contributed by atoms with E-state index in [4.69, 9.17) is 4.74 Å². The highest BCUT2D eigenvalue weighted by atomic mass is 19.4. The highest BCUT2D eigenvalue weighted by molar-refractivity contribution is 6.09. The van der Waals surface area contributed by atoms with E-state index in [1.807, 2.05) is 12.1 Å². The number of hydrogen-bond donors (Lipinski definition) is 3. The van der Waals surface area contributed by atoms with E-state index in [0.717, 1.165) is 5.32 Å². The summed E-state index contributed by atoms with van der Waals surface area (Å²) in [5.74, 6) is -14.8. The number of nitrogens with zero attached hydrogens (tertiary/aromatic N) is 2. The molecule has 0 aromatic heterocycles. The number of hydrogen-bond acceptors (Lipinski definition) is 8. The number of amides is 3. The van der Waals surface area contributed by atoms with E-state index in [-0.39, 0.29) is 28.7 Å². The van der Waals surface area contributed by atoms with Crippen molar-refractivity contribution in [3.8, 4) is 17.9 Å². The Morgan fingerprint density at radius 3 is 2.00 bits per heavy atom. The second-order valence-electron chi connectivity index (χ2n) is 12.2. The van der Waals surface area contributed by atoms with Crippen LogP contribution in [0.1, 0.15) is 58.9 Å². The molecule has 11 nitrogen and oxygen atoms in total. The molecule has 3 aromatic rings. The molecule has 0 aliphatic heterocycles. The number of carbonyl (C=O) groups is 5. The van der Waals surface area contributed by atoms with E-state index in [0.29, 0.717) is 11.3 Å². The van der Waals surface area contributed by atoms with Gasteiger partial charge >= 0.3 is 12.1 Å². The lowest BCUT2D eigenvalue weighted by Gasteiger charge is -2.27. The fourth-order valence-corrected chi connectivity index (χ4v) is 5.18. The van der Waals surface area contributed by atoms with Gasteiger partial charge in [0.1, 0.15) is 24.4 Å². The number of benzene rings is 3. The van der Waals surface area contributed by atoms with Crippen LogP contribution in [0.2, 0.25) is 0 Å². The van der Waals surface area contributed by atoms with Gasteiger partial charge in [-0.3, -0.25) is 24.0 Å². The summed E-state index contributed by atoms with van der Waals surface area (Å²) in [6.07, 6.45) is -6.22. The van der Waals surface area contributed by atoms with Gasteiger partial charge < -0.3 is 20.7 Å². The van der Waals surface area contributed by atoms with Crippen molar-refractivity contribution in [2.45, 2.75) is 50.9 Å². The number of halogens is 5. The Kier molecular flexibility index (Phi) is 13.9. The number of nitriles is 2. The maximum Gasteiger partial charge on any atom is 0.405 e. The van der Waals surface area contributed by atoms with E-state index >= 15 is 0 Å². The molecule has 0 saturated heterocycles. The van der Waals surface area contributed by atoms with Crippen LogP contribution in [0.25, 0.3) is 0 Å². The molecule has 0 bridgehead atoms. The Balaban J connectivity index is 1.99. The van der Waals surface area contributed by atoms with Gasteiger partial charge in [-0.25, -0.2) is 0 Å². The van der Waals surface area contributed by atoms with Crippen LogP contribution in [0.4, 0.5) is 22.0 Å². The minimum Gasteiger partial charge on any atom is -0.497 e. The fourth-order valence-electron chi connectivity index (χ4n) is 5.18. The van der Waals surface area contributed by atoms with Crippen LogP contribution in [0.15, 0.2) is 72.8 Å². The summed E-state index contributed by atoms with van der Waals surface area (Å²) in [7, 11) is 1.37. The van der Waals surface area contributed by atoms with E-state index in [1.54, 1.807) is 12.1 Å². The maximum absolute atomic E-state index is 14.9. The molecule has 3 N–H and O–H groups in total. The van der Waals surface area contributed by atoms with Gasteiger partial charge in [0.2, 0.25) is 11.7 Å². The molecule has 0 radical (unpaired) electrons. The van der Waals surface area contributed by atoms with Crippen molar-refractivity contribution in [3.63, 3.8) is 0 Å². The van der Waals surface area contributed by atoms with Gasteiger partial charge in [-0.15, -0.1) is 0 Å². The molecular weight excluding hydrogens is 705 g/mol. The first kappa shape index (κ1) is 41.3. The van der Waals surface area contributed by atoms with Crippen LogP contribution in [-0.4, -0.2) is 61.1 Å². The SMILES string of the molecule is COc1ccc([C@H](NC(=O)[C@H](Cc2cccc(C#N)c2)NC(=O)c2cccc(C#N)c2)C(=O)C[C@H](C(=O)C(F)(F)C(=O)NCC(F)(F)F)C(C)C)cc1. The van der Waals surface area contributed by atoms with E-state index in [1.165, 1.54) is 81.6 Å². The molecule has 0 fully saturated rings. The third-order valence-electron chi connectivity index (χ3n) is 8.04. The number of ether oxygens (including phenoxy) is 1. The molecule has 0 aliphatic carbocycles. The monoisotopic (exact) mass is 739 g/mol. The molecular formula is C37H34F5N5O6. The zero-order valence-corrected chi connectivity index (χ0v) is 28.6. The first-order valence-corrected chi connectivity index (χ1v) is 15.9. The van der Waals surface area contributed by atoms with Crippen LogP contribution >= 0.6 is 0 Å². The fraction of sp³-hybridized carbons (Fsp3) is 0.324. The number of Topliss-reactive ketones (excluding diaryl/α,β-unsaturated/α-hetero) is 2. The Labute approximate surface area is 301 Å². The van der Waals surface area contributed by atoms with Crippen LogP contribution < -0.4 is 20.7 Å². The summed E-state index contributed by atoms with van der Waals surface area (Å²) in [5.41, 5.74) is 0.956. The normalized spacial score (nSPS) is 13.0. The van der Waals surface area contributed by atoms with Crippen molar-refractivity contribution in [2.75, 3.05) is 13.7 Å². The molecule has 0 saturated carbocycles. The second-order valence-corrected chi connectivity index (χ2v) is 12.2. The summed E-state index contributed by atoms with van der Waals surface area (Å²) < 4.78 is 72.8. The van der Waals surface area contributed by atoms with Gasteiger partial charge in [0.15, 0.2) is 5.78 Å². The number of rotatable bonds is 16. The maximum atomic E-state index is 14.9. The number of carbonyl (C=O) groups excluding carboxylic acids is 5. The third-order valence-corrected chi connectivity index (χ3v) is 8.04. The van der Waals surface area contributed by atoms with Gasteiger partial charge in [0.05, 0.1) is 30.4 Å². The first-order valence-electron chi connectivity index (χ1n) is 15.9. The Morgan fingerprint density at radius 1 is 0.830 bits per heavy atom. The van der Waals surface area contributed by atoms with Crippen LogP contribution in [0.5, 0.6) is 5.75 Å². The van der Waals surface area contributed by atoms with Gasteiger partial charge in [-0.2, -0.15) is 32.5 Å². The van der Waals surface area contributed by atoms with Crippen molar-refractivity contribution in [1.82, 2.24) is 16.0 Å². The number of alkyl halides is 5. The van der Waals surface area contributed by atoms with Gasteiger partial charge in [0.25, 0.3) is 11.8 Å². The molecule has 53 heavy (non-hydrogen) atoms. The highest BCUT2D eigenvalue weighted by Crippen LogP contribution is 2.30. The molecule has 0 heterocycles. The molecule has 3 aromatic carbocycles. The lowest BCUT2D eigenvalue weighted by molar-refractivity contribution is -0.167. The summed E-state index contributed by atoms with van der Waals surface area (Å²) >= 11 is 0. The van der Waals surface area contributed by atoms with Crippen molar-refractivity contribution >= 4 is 29.3 Å². The lowest BCUT2D eigenvalue weighted by atomic mass is 9.82. The standard InChI is InChI=1S/C37H34F5N5O6/c1-21(2)28(32(49)37(41,42)35(52)45-20-36(38,39)40)17-30(48)31(25-10-12-27(53-3)13-11-25)47-34(51)29(16-22-6-4-7-23(14-22)18-43)46-33(50)26-9-5-8-24(15-26)19-44/h4-15,21,28-29,31H,16-17,20H2,1-3H3,(H,45,52)(H,46,50)(H,47,51)/t28-,29-,31-/m0/s1. The topological polar surface area (TPSA) is 178 Å². The van der Waals surface area contributed by atoms with Gasteiger partial charge in [-0.05, 0) is 59.5 Å². The van der Waals surface area contributed by atoms with Crippen molar-refractivity contribution in [2.24, 2.45) is 11.8 Å². The molecule has 0 aliphatic rings. The van der Waals surface area contributed by atoms with Crippen molar-refractivity contribution in [3.05, 3.63) is 101 Å². The average Bonchev–Trinajstić information content (AvgIpc) is 3.13. The largest absolute Gasteiger partial charge is 0.497 e. The Morgan fingerprint density at radius 2 is 1.43 bits per heavy atom. The molecule has 3 rings (SSSR count). The van der Waals surface area contributed by atoms with Crippen LogP contribution in [-0.2, 0) is 25.6 Å². The molecule has 3 atom stereocenters. The van der Waals surface area contributed by atoms with E-state index in [9.17, 15) is 56.4 Å². The minimum absolute atomic E-state index is 0.0221. The van der Waals surface area contributed by atoms with Gasteiger partial charge in [0, 0.05) is 24.3 Å². The summed E-state index contributed by atoms with van der Waals surface area (Å²) in [4.78, 5) is 66.3. The Bertz CT molecular complexity index is 1920. The number of ketones is 2. The van der Waals surface area contributed by atoms with E-state index < -0.39 is 78.3 Å². The number of nitrogens with one attached hydrogen (secondary N) is 3. The van der Waals surface area contributed by atoms with Gasteiger partial charge in [-0.1, -0.05) is 44.2 Å². The summed E-state index contributed by atoms with van der Waals surface area (Å²) in [6.45, 7) is 0.472. The molecule has 3 amide bonds. The average molecular weight is 740 g/mol. The molecule has 16 heteroatoms. The van der Waals surface area contributed by atoms with Crippen LogP contribution in [0.3, 0.4) is 0 Å². The predicted octanol–water partition coefficient (Wildman–Crippen LogP) is 4.75. The first-order chi connectivity index (χ1) is 24.9. The van der Waals surface area contributed by atoms with Crippen LogP contribution in [0, 0.1) is 34.5 Å². The third kappa shape index (κ3) is 11.4. The highest BCUT2D eigenvalue weighted by Gasteiger charge is 2.52. The Hall–Kier alpha value is -6.16. The molecule has 278 valence electrons. The molecule has 0 unspecified atom stereocenters. The zero-order chi connectivity index (χ0) is 39.5. The minimum atomic E-state index is -5.04. The van der Waals surface area contributed by atoms with E-state index in [2.05, 4.69) is 10.6 Å². The predicted molar refractivity (Wildman–Crippen MR) is 178 cm³/mol. The van der Waals surface area contributed by atoms with Crippen molar-refractivity contribution in [1.29, 1.82) is 10.5 Å². The zero-order valence-electron chi connectivity index (χ0n) is 28.6. The number of methoxy groups -OCH3 is 1. The van der Waals surface area contributed by atoms with Crippen molar-refractivity contribution < 1.29 is 50.7 Å². The smallest absolute Gasteiger partial charge is 0.405 e. The quantitative estimate of drug-likeness (QED) is 0.139. The summed E-state index contributed by atoms with van der Waals surface area (Å²) in [5, 5.41) is 24.7. The summed E-state index contributed by atoms with van der Waals surface area (Å²) in [6, 6.07) is 18.1.